The second kappa shape index (κ2) is 38.4. The van der Waals surface area contributed by atoms with Crippen molar-refractivity contribution in [2.75, 3.05) is 38.5 Å². The van der Waals surface area contributed by atoms with Crippen LogP contribution in [-0.4, -0.2) is 167 Å². The van der Waals surface area contributed by atoms with Crippen LogP contribution >= 0.6 is 11.3 Å². The van der Waals surface area contributed by atoms with E-state index in [1.54, 1.807) is 50.9 Å². The van der Waals surface area contributed by atoms with E-state index in [1.807, 2.05) is 239 Å². The summed E-state index contributed by atoms with van der Waals surface area (Å²) >= 11 is 1.40. The van der Waals surface area contributed by atoms with Gasteiger partial charge in [0.1, 0.15) is 29.1 Å². The second-order valence-electron chi connectivity index (χ2n) is 31.4. The number of anilines is 6. The van der Waals surface area contributed by atoms with Crippen LogP contribution in [0.2, 0.25) is 0 Å². The smallest absolute Gasteiger partial charge is 0.397 e. The number of thiophene rings is 1. The summed E-state index contributed by atoms with van der Waals surface area (Å²) in [6.45, 7) is 14.4. The maximum Gasteiger partial charge on any atom is 0.397 e. The van der Waals surface area contributed by atoms with Gasteiger partial charge in [0.2, 0.25) is 47.2 Å². The molecule has 0 unspecified atom stereocenters. The number of fused-ring (bicyclic) bond motifs is 6. The molecule has 6 amide bonds. The van der Waals surface area contributed by atoms with Gasteiger partial charge in [-0.1, -0.05) is 88.4 Å². The molecule has 2 aliphatic rings. The van der Waals surface area contributed by atoms with Crippen LogP contribution < -0.4 is 41.5 Å². The molecule has 7 aromatic carbocycles. The Morgan fingerprint density at radius 3 is 1.22 bits per heavy atom. The Bertz CT molecular complexity index is 7640. The topological polar surface area (TPSA) is 466 Å². The van der Waals surface area contributed by atoms with E-state index in [9.17, 15) is 38.0 Å². The standard InChI is InChI=1S/C17H13FN6O.C17H15N5OS.C16H17N5O.C15H15N5O3.C15H15N5O.C12H12N6O/c1-11-10-16(19-17(25)12-6-8-13(18)9-7-12)23(20-11)24-21-14-4-2-3-5-15(14)22-24;1-11-10-15(19-16(23)14-8-5-9-24-14)22(20-11)17-18-12-6-3-4-7-13(12)21(17)2;1-10-9-14(18-15(22)11-7-8-11)21(19-10)16-17-12-5-3-4-6-13(12)20(16)2;1-3-23-14(22)13(21)18-12-8-9(2)19-20(12)15-16-10-6-4-5-7-11(10)17-15;1-9-8-13(18-14(21)10-6-7-10)20(19-9)15-16-11-4-2-3-5-12(11)17-15;1-8-7-12(13-9(2)19)17(14-8)18-15-10-5-3-4-6-11(10)16-18/h2-10H,1H3,(H,19,20,25);3-10H,1-2H3,(H,19,23);3-6,9,11H,7-8H2,1-2H3,(H,18,22);4-8H,3H2,1-2H3,(H,16,17)(H,18,21);2-5,8,10H,6-7H2,1H3,(H,16,17)(H,18,21);3-7H,1-2H3,(H,13,14,19)/p+2. The van der Waals surface area contributed by atoms with Crippen LogP contribution in [0.4, 0.5) is 39.3 Å². The van der Waals surface area contributed by atoms with Gasteiger partial charge in [-0.2, -0.15) is 39.1 Å². The summed E-state index contributed by atoms with van der Waals surface area (Å²) in [5.41, 5.74) is 15.5. The molecule has 2 saturated carbocycles. The summed E-state index contributed by atoms with van der Waals surface area (Å²) in [6.07, 6.45) is 3.91. The Morgan fingerprint density at radius 1 is 0.425 bits per heavy atom. The number of carbonyl (C=O) groups excluding carboxylic acids is 7. The number of ether oxygens (including phenoxy) is 1. The number of H-pyrrole nitrogens is 4. The molecule has 134 heavy (non-hydrogen) atoms. The molecular formula is C92H89FN32O8S+2. The number of aryl methyl sites for hydroxylation is 8. The van der Waals surface area contributed by atoms with E-state index in [1.165, 1.54) is 61.8 Å². The van der Waals surface area contributed by atoms with Crippen LogP contribution in [0.5, 0.6) is 0 Å². The zero-order valence-electron chi connectivity index (χ0n) is 73.9. The Hall–Kier alpha value is -17.6. The van der Waals surface area contributed by atoms with E-state index in [0.29, 0.717) is 74.8 Å². The van der Waals surface area contributed by atoms with Gasteiger partial charge in [-0.15, -0.1) is 11.3 Å². The lowest BCUT2D eigenvalue weighted by atomic mass is 10.2. The fourth-order valence-electron chi connectivity index (χ4n) is 14.2. The number of hydrogen-bond acceptors (Lipinski definition) is 21. The normalized spacial score (nSPS) is 12.1. The Labute approximate surface area is 764 Å². The monoisotopic (exact) mass is 1820 g/mol. The third-order valence-corrected chi connectivity index (χ3v) is 21.6. The Morgan fingerprint density at radius 2 is 0.813 bits per heavy atom. The van der Waals surface area contributed by atoms with Gasteiger partial charge in [-0.25, -0.2) is 39.3 Å². The molecule has 0 bridgehead atoms. The summed E-state index contributed by atoms with van der Waals surface area (Å²) < 4.78 is 28.1. The van der Waals surface area contributed by atoms with Crippen LogP contribution in [0, 0.1) is 59.2 Å². The van der Waals surface area contributed by atoms with Gasteiger partial charge in [-0.3, -0.25) is 39.4 Å². The number of nitrogens with zero attached hydrogens (tertiary/aromatic N) is 22. The first-order valence-electron chi connectivity index (χ1n) is 42.5. The van der Waals surface area contributed by atoms with E-state index < -0.39 is 17.7 Å². The van der Waals surface area contributed by atoms with Crippen molar-refractivity contribution >= 4 is 154 Å². The van der Waals surface area contributed by atoms with Gasteiger partial charge in [0.15, 0.2) is 22.1 Å². The largest absolute Gasteiger partial charge is 0.459 e. The first-order chi connectivity index (χ1) is 64.8. The molecule has 13 aromatic heterocycles. The lowest BCUT2D eigenvalue weighted by molar-refractivity contribution is -0.781. The van der Waals surface area contributed by atoms with E-state index in [2.05, 4.69) is 118 Å². The minimum absolute atomic E-state index is 0.0623. The van der Waals surface area contributed by atoms with E-state index >= 15 is 0 Å². The van der Waals surface area contributed by atoms with Crippen LogP contribution in [0.1, 0.15) is 93.7 Å². The summed E-state index contributed by atoms with van der Waals surface area (Å²) in [4.78, 5) is 114. The molecule has 42 heteroatoms. The molecule has 13 heterocycles. The average Bonchev–Trinajstić information content (AvgIpc) is 1.64. The fraction of sp³-hybridized carbons (Fsp3) is 0.185. The lowest BCUT2D eigenvalue weighted by Crippen LogP contribution is -2.48. The molecule has 0 saturated heterocycles. The first kappa shape index (κ1) is 88.4. The number of imidazole rings is 4. The highest BCUT2D eigenvalue weighted by atomic mass is 32.1. The zero-order valence-corrected chi connectivity index (χ0v) is 74.8. The van der Waals surface area contributed by atoms with Gasteiger partial charge in [0.05, 0.1) is 93.8 Å². The predicted molar refractivity (Wildman–Crippen MR) is 498 cm³/mol. The summed E-state index contributed by atoms with van der Waals surface area (Å²) in [6, 6.07) is 65.9. The summed E-state index contributed by atoms with van der Waals surface area (Å²) in [5, 5.41) is 60.0. The zero-order chi connectivity index (χ0) is 93.5. The van der Waals surface area contributed by atoms with Crippen LogP contribution in [-0.2, 0) is 42.8 Å². The number of carbonyl (C=O) groups is 7. The number of amides is 6. The van der Waals surface area contributed by atoms with Gasteiger partial charge in [0.25, 0.3) is 17.7 Å². The van der Waals surface area contributed by atoms with Crippen molar-refractivity contribution in [2.45, 2.75) is 81.1 Å². The molecule has 10 N–H and O–H groups in total. The second-order valence-corrected chi connectivity index (χ2v) is 32.3. The van der Waals surface area contributed by atoms with Crippen molar-refractivity contribution in [2.24, 2.45) is 25.9 Å². The number of hydrogen-bond donors (Lipinski definition) is 10. The number of aromatic amines is 4. The summed E-state index contributed by atoms with van der Waals surface area (Å²) in [5.74, 6) is 3.32. The van der Waals surface area contributed by atoms with Gasteiger partial charge >= 0.3 is 11.9 Å². The Kier molecular flexibility index (Phi) is 25.3. The number of benzene rings is 7. The van der Waals surface area contributed by atoms with Crippen LogP contribution in [0.3, 0.4) is 0 Å². The highest BCUT2D eigenvalue weighted by Crippen LogP contribution is 2.33. The number of halogens is 1. The number of esters is 1. The quantitative estimate of drug-likeness (QED) is 0.0230. The fourth-order valence-corrected chi connectivity index (χ4v) is 14.8. The molecule has 20 aromatic rings. The maximum atomic E-state index is 13.0. The molecule has 0 aliphatic heterocycles. The molecule has 2 fully saturated rings. The van der Waals surface area contributed by atoms with Gasteiger partial charge < -0.3 is 45.1 Å². The SMILES string of the molecule is CC(=O)Nc1cc(C)[nH][n+]1-n1nc2ccccc2n1.CCOC(=O)C(=O)Nc1cc(C)nn1-c1nc2ccccc2[nH]1.Cc1cc(NC(=O)C2CC2)n(-c2nc3ccccc3[nH]2)n1.Cc1cc(NC(=O)C2CC2)n(-c2nc3ccccc3n2C)n1.Cc1cc(NC(=O)c2ccc(F)cc2)[n+](-n2nc3ccccc3n2)[nH]1.Cc1cc(NC(=O)c2cccs2)n(-c2nc3ccccc3n2C)n1. The van der Waals surface area contributed by atoms with E-state index in [0.717, 1.165) is 120 Å². The molecule has 2 aliphatic carbocycles. The molecule has 0 radical (unpaired) electrons. The number of nitrogens with one attached hydrogen (secondary N) is 10. The number of para-hydroxylation sites is 8. The van der Waals surface area contributed by atoms with Gasteiger partial charge in [-0.05, 0) is 203 Å². The van der Waals surface area contributed by atoms with Gasteiger partial charge in [0, 0.05) is 80.6 Å². The highest BCUT2D eigenvalue weighted by Gasteiger charge is 2.33. The van der Waals surface area contributed by atoms with E-state index in [4.69, 9.17) is 0 Å². The third-order valence-electron chi connectivity index (χ3n) is 20.8. The molecule has 0 spiro atoms. The molecule has 22 rings (SSSR count). The third kappa shape index (κ3) is 20.1. The van der Waals surface area contributed by atoms with Crippen molar-refractivity contribution in [3.05, 3.63) is 274 Å². The van der Waals surface area contributed by atoms with Crippen molar-refractivity contribution in [1.29, 1.82) is 0 Å². The molecule has 676 valence electrons. The highest BCUT2D eigenvalue weighted by molar-refractivity contribution is 7.12. The minimum atomic E-state index is -0.942. The number of aromatic nitrogens is 26. The average molecular weight is 1820 g/mol. The van der Waals surface area contributed by atoms with E-state index in [-0.39, 0.29) is 48.0 Å². The number of rotatable bonds is 17. The summed E-state index contributed by atoms with van der Waals surface area (Å²) in [7, 11) is 3.89. The molecular weight excluding hydrogens is 1730 g/mol. The van der Waals surface area contributed by atoms with Crippen LogP contribution in [0.15, 0.2) is 224 Å². The van der Waals surface area contributed by atoms with Crippen molar-refractivity contribution in [3.63, 3.8) is 0 Å². The molecule has 40 nitrogen and oxygen atoms in total. The lowest BCUT2D eigenvalue weighted by Gasteiger charge is -2.08. The molecule has 0 atom stereocenters. The van der Waals surface area contributed by atoms with Crippen LogP contribution in [0.25, 0.3) is 90.0 Å². The Balaban J connectivity index is 0.000000112. The van der Waals surface area contributed by atoms with Crippen molar-refractivity contribution < 1.29 is 52.3 Å². The minimum Gasteiger partial charge on any atom is -0.459 e. The maximum absolute atomic E-state index is 13.0. The first-order valence-corrected chi connectivity index (χ1v) is 43.4. The predicted octanol–water partition coefficient (Wildman–Crippen LogP) is 12.4. The van der Waals surface area contributed by atoms with Crippen molar-refractivity contribution in [1.82, 2.24) is 119 Å². The van der Waals surface area contributed by atoms with Crippen molar-refractivity contribution in [3.8, 4) is 23.8 Å².